The van der Waals surface area contributed by atoms with Crippen LogP contribution in [0.25, 0.3) is 28.3 Å². The van der Waals surface area contributed by atoms with Crippen molar-refractivity contribution in [2.24, 2.45) is 0 Å². The van der Waals surface area contributed by atoms with E-state index in [2.05, 4.69) is 20.1 Å². The van der Waals surface area contributed by atoms with Crippen molar-refractivity contribution in [1.82, 2.24) is 24.6 Å². The zero-order chi connectivity index (χ0) is 19.0. The second-order valence-electron chi connectivity index (χ2n) is 5.90. The van der Waals surface area contributed by atoms with E-state index in [-0.39, 0.29) is 5.69 Å². The number of alkyl halides is 2. The highest BCUT2D eigenvalue weighted by Crippen LogP contribution is 2.27. The summed E-state index contributed by atoms with van der Waals surface area (Å²) in [5, 5.41) is 3.96. The number of halogens is 2. The number of aromatic nitrogens is 5. The molecule has 0 fully saturated rings. The van der Waals surface area contributed by atoms with Crippen LogP contribution in [0.5, 0.6) is 0 Å². The Kier molecular flexibility index (Phi) is 4.15. The average Bonchev–Trinajstić information content (AvgIpc) is 3.11. The number of carbonyl (C=O) groups is 1. The van der Waals surface area contributed by atoms with Crippen LogP contribution in [-0.2, 0) is 0 Å². The van der Waals surface area contributed by atoms with E-state index < -0.39 is 6.43 Å². The van der Waals surface area contributed by atoms with Crippen LogP contribution in [0, 0.1) is 6.92 Å². The highest BCUT2D eigenvalue weighted by molar-refractivity contribution is 5.82. The normalized spacial score (nSPS) is 11.3. The lowest BCUT2D eigenvalue weighted by molar-refractivity contribution is 0.112. The van der Waals surface area contributed by atoms with E-state index in [0.29, 0.717) is 28.3 Å². The van der Waals surface area contributed by atoms with Crippen LogP contribution in [0.3, 0.4) is 0 Å². The lowest BCUT2D eigenvalue weighted by Crippen LogP contribution is -2.01. The molecule has 134 valence electrons. The maximum absolute atomic E-state index is 13.0. The lowest BCUT2D eigenvalue weighted by Gasteiger charge is -2.08. The number of imidazole rings is 1. The minimum absolute atomic E-state index is 0.342. The molecule has 8 heteroatoms. The fourth-order valence-electron chi connectivity index (χ4n) is 2.88. The maximum Gasteiger partial charge on any atom is 0.282 e. The van der Waals surface area contributed by atoms with Gasteiger partial charge in [0.2, 0.25) is 0 Å². The van der Waals surface area contributed by atoms with Gasteiger partial charge in [-0.25, -0.2) is 28.2 Å². The van der Waals surface area contributed by atoms with Crippen molar-refractivity contribution >= 4 is 11.9 Å². The van der Waals surface area contributed by atoms with Crippen LogP contribution in [0.15, 0.2) is 48.9 Å². The Balaban J connectivity index is 1.85. The first-order valence-electron chi connectivity index (χ1n) is 8.09. The molecule has 0 atom stereocenters. The summed E-state index contributed by atoms with van der Waals surface area (Å²) in [7, 11) is 0. The molecular weight excluding hydrogens is 352 g/mol. The van der Waals surface area contributed by atoms with Crippen molar-refractivity contribution < 1.29 is 13.6 Å². The van der Waals surface area contributed by atoms with Crippen molar-refractivity contribution in [3.8, 4) is 22.6 Å². The molecule has 0 saturated heterocycles. The van der Waals surface area contributed by atoms with Crippen LogP contribution in [-0.4, -0.2) is 30.9 Å². The molecule has 0 aliphatic carbocycles. The maximum atomic E-state index is 13.0. The average molecular weight is 365 g/mol. The molecule has 0 radical (unpaired) electrons. The Morgan fingerprint density at radius 2 is 1.89 bits per heavy atom. The topological polar surface area (TPSA) is 73.0 Å². The van der Waals surface area contributed by atoms with E-state index in [1.165, 1.54) is 29.2 Å². The predicted octanol–water partition coefficient (Wildman–Crippen LogP) is 3.91. The zero-order valence-corrected chi connectivity index (χ0v) is 14.2. The molecule has 3 aromatic heterocycles. The third kappa shape index (κ3) is 2.95. The molecule has 0 unspecified atom stereocenters. The van der Waals surface area contributed by atoms with Crippen LogP contribution in [0.2, 0.25) is 0 Å². The Hall–Kier alpha value is -3.55. The number of hydrogen-bond acceptors (Lipinski definition) is 5. The molecule has 6 nitrogen and oxygen atoms in total. The monoisotopic (exact) mass is 365 g/mol. The SMILES string of the molecule is Cc1c(C=O)cccc1-c1cc(-c2cnc3ccc(C(F)F)nn23)ncn1. The predicted molar refractivity (Wildman–Crippen MR) is 94.5 cm³/mol. The van der Waals surface area contributed by atoms with Gasteiger partial charge in [-0.15, -0.1) is 0 Å². The van der Waals surface area contributed by atoms with Crippen molar-refractivity contribution in [2.75, 3.05) is 0 Å². The summed E-state index contributed by atoms with van der Waals surface area (Å²) in [5.41, 5.74) is 3.83. The van der Waals surface area contributed by atoms with Gasteiger partial charge >= 0.3 is 0 Å². The number of rotatable bonds is 4. The molecule has 3 heterocycles. The summed E-state index contributed by atoms with van der Waals surface area (Å²) < 4.78 is 27.3. The van der Waals surface area contributed by atoms with Gasteiger partial charge in [-0.05, 0) is 30.7 Å². The minimum Gasteiger partial charge on any atom is -0.298 e. The van der Waals surface area contributed by atoms with Gasteiger partial charge < -0.3 is 0 Å². The van der Waals surface area contributed by atoms with E-state index in [0.717, 1.165) is 17.4 Å². The summed E-state index contributed by atoms with van der Waals surface area (Å²) >= 11 is 0. The first-order chi connectivity index (χ1) is 13.1. The second-order valence-corrected chi connectivity index (χ2v) is 5.90. The number of carbonyl (C=O) groups excluding carboxylic acids is 1. The largest absolute Gasteiger partial charge is 0.298 e. The van der Waals surface area contributed by atoms with E-state index >= 15 is 0 Å². The van der Waals surface area contributed by atoms with E-state index in [4.69, 9.17) is 0 Å². The van der Waals surface area contributed by atoms with E-state index in [1.807, 2.05) is 13.0 Å². The molecule has 0 saturated carbocycles. The van der Waals surface area contributed by atoms with Crippen molar-refractivity contribution in [3.05, 3.63) is 65.7 Å². The van der Waals surface area contributed by atoms with Gasteiger partial charge in [-0.3, -0.25) is 4.79 Å². The van der Waals surface area contributed by atoms with Crippen molar-refractivity contribution in [1.29, 1.82) is 0 Å². The number of hydrogen-bond donors (Lipinski definition) is 0. The molecule has 0 bridgehead atoms. The first-order valence-corrected chi connectivity index (χ1v) is 8.09. The number of fused-ring (bicyclic) bond motifs is 1. The molecule has 4 rings (SSSR count). The molecule has 0 amide bonds. The van der Waals surface area contributed by atoms with Crippen LogP contribution in [0.1, 0.15) is 28.0 Å². The van der Waals surface area contributed by atoms with Gasteiger partial charge in [0.1, 0.15) is 24.0 Å². The Morgan fingerprint density at radius 3 is 2.67 bits per heavy atom. The third-order valence-corrected chi connectivity index (χ3v) is 4.31. The molecule has 0 spiro atoms. The summed E-state index contributed by atoms with van der Waals surface area (Å²) in [6.45, 7) is 1.84. The standard InChI is InChI=1S/C19H13F2N5O/c1-11-12(9-27)3-2-4-13(11)15-7-16(24-10-23-15)17-8-22-18-6-5-14(19(20)21)25-26(17)18/h2-10,19H,1H3. The summed E-state index contributed by atoms with van der Waals surface area (Å²) in [4.78, 5) is 23.9. The number of aldehydes is 1. The molecule has 27 heavy (non-hydrogen) atoms. The van der Waals surface area contributed by atoms with Gasteiger partial charge in [0.15, 0.2) is 5.65 Å². The fourth-order valence-corrected chi connectivity index (χ4v) is 2.88. The van der Waals surface area contributed by atoms with Gasteiger partial charge in [-0.1, -0.05) is 18.2 Å². The number of benzene rings is 1. The smallest absolute Gasteiger partial charge is 0.282 e. The Labute approximate surface area is 152 Å². The summed E-state index contributed by atoms with van der Waals surface area (Å²) in [6.07, 6.45) is 1.02. The summed E-state index contributed by atoms with van der Waals surface area (Å²) in [6, 6.07) is 9.81. The van der Waals surface area contributed by atoms with E-state index in [9.17, 15) is 13.6 Å². The highest BCUT2D eigenvalue weighted by atomic mass is 19.3. The fraction of sp³-hybridized carbons (Fsp3) is 0.105. The van der Waals surface area contributed by atoms with Crippen LogP contribution in [0.4, 0.5) is 8.78 Å². The number of nitrogens with zero attached hydrogens (tertiary/aromatic N) is 5. The van der Waals surface area contributed by atoms with Gasteiger partial charge in [-0.2, -0.15) is 5.10 Å². The van der Waals surface area contributed by atoms with Gasteiger partial charge in [0, 0.05) is 11.1 Å². The van der Waals surface area contributed by atoms with Gasteiger partial charge in [0.25, 0.3) is 6.43 Å². The highest BCUT2D eigenvalue weighted by Gasteiger charge is 2.15. The molecule has 0 aliphatic heterocycles. The third-order valence-electron chi connectivity index (χ3n) is 4.31. The quantitative estimate of drug-likeness (QED) is 0.513. The van der Waals surface area contributed by atoms with Crippen LogP contribution >= 0.6 is 0 Å². The van der Waals surface area contributed by atoms with Crippen LogP contribution < -0.4 is 0 Å². The van der Waals surface area contributed by atoms with Crippen molar-refractivity contribution in [2.45, 2.75) is 13.3 Å². The second kappa shape index (κ2) is 6.64. The molecular formula is C19H13F2N5O. The molecule has 1 aromatic carbocycles. The lowest BCUT2D eigenvalue weighted by atomic mass is 10.00. The molecule has 4 aromatic rings. The Bertz CT molecular complexity index is 1160. The first kappa shape index (κ1) is 16.9. The zero-order valence-electron chi connectivity index (χ0n) is 14.2. The van der Waals surface area contributed by atoms with Crippen molar-refractivity contribution in [3.63, 3.8) is 0 Å². The molecule has 0 aliphatic rings. The van der Waals surface area contributed by atoms with E-state index in [1.54, 1.807) is 18.2 Å². The van der Waals surface area contributed by atoms with Gasteiger partial charge in [0.05, 0.1) is 17.6 Å². The Morgan fingerprint density at radius 1 is 1.07 bits per heavy atom. The summed E-state index contributed by atoms with van der Waals surface area (Å²) in [5.74, 6) is 0. The minimum atomic E-state index is -2.68. The molecule has 0 N–H and O–H groups in total.